The molecule has 1 nitrogen and oxygen atoms in total. The number of Topliss-reactive ketones (excluding diaryl/α,β-unsaturated/α-hetero) is 1. The standard InChI is InChI=1S/C34H26OP/c35-33(26-14-4-1-5-15-26)25-36(28-17-6-2-7-18-28,29-19-8-3-9-20-29)34-24-27-16-10-11-21-30(27)31-22-12-13-23-32(31)34/h1-24H,25H2/q+1. The van der Waals surface area contributed by atoms with Crippen LogP contribution in [0.15, 0.2) is 146 Å². The van der Waals surface area contributed by atoms with Gasteiger partial charge in [0, 0.05) is 10.9 Å². The fraction of sp³-hybridized carbons (Fsp3) is 0.0294. The van der Waals surface area contributed by atoms with Crippen LogP contribution in [0.3, 0.4) is 0 Å². The molecule has 0 bridgehead atoms. The van der Waals surface area contributed by atoms with E-state index in [1.165, 1.54) is 37.5 Å². The van der Waals surface area contributed by atoms with E-state index in [0.717, 1.165) is 5.56 Å². The van der Waals surface area contributed by atoms with Gasteiger partial charge in [-0.05, 0) is 46.5 Å². The van der Waals surface area contributed by atoms with Crippen molar-refractivity contribution >= 4 is 50.5 Å². The van der Waals surface area contributed by atoms with Gasteiger partial charge in [-0.25, -0.2) is 0 Å². The van der Waals surface area contributed by atoms with Crippen LogP contribution in [-0.4, -0.2) is 11.9 Å². The lowest BCUT2D eigenvalue weighted by atomic mass is 10.0. The van der Waals surface area contributed by atoms with Crippen molar-refractivity contribution in [3.63, 3.8) is 0 Å². The molecule has 0 spiro atoms. The van der Waals surface area contributed by atoms with Crippen molar-refractivity contribution in [2.75, 3.05) is 6.16 Å². The Balaban J connectivity index is 1.74. The summed E-state index contributed by atoms with van der Waals surface area (Å²) in [6.07, 6.45) is 0.438. The third kappa shape index (κ3) is 3.83. The number of hydrogen-bond donors (Lipinski definition) is 0. The van der Waals surface area contributed by atoms with Gasteiger partial charge in [-0.1, -0.05) is 115 Å². The zero-order valence-electron chi connectivity index (χ0n) is 19.9. The fourth-order valence-electron chi connectivity index (χ4n) is 5.34. The number of carbonyl (C=O) groups is 1. The molecule has 0 saturated carbocycles. The molecule has 0 heterocycles. The predicted octanol–water partition coefficient (Wildman–Crippen LogP) is 7.17. The summed E-state index contributed by atoms with van der Waals surface area (Å²) in [6, 6.07) is 50.7. The van der Waals surface area contributed by atoms with Gasteiger partial charge in [0.15, 0.2) is 0 Å². The largest absolute Gasteiger partial charge is 0.290 e. The lowest BCUT2D eigenvalue weighted by molar-refractivity contribution is 0.102. The molecule has 0 amide bonds. The van der Waals surface area contributed by atoms with E-state index in [-0.39, 0.29) is 5.78 Å². The van der Waals surface area contributed by atoms with Crippen LogP contribution in [-0.2, 0) is 0 Å². The molecule has 6 aromatic rings. The quantitative estimate of drug-likeness (QED) is 0.140. The maximum absolute atomic E-state index is 14.0. The molecular formula is C34H26OP+. The second-order valence-electron chi connectivity index (χ2n) is 9.09. The lowest BCUT2D eigenvalue weighted by Gasteiger charge is -2.28. The fourth-order valence-corrected chi connectivity index (χ4v) is 9.67. The van der Waals surface area contributed by atoms with Gasteiger partial charge in [0.25, 0.3) is 0 Å². The molecule has 0 aliphatic heterocycles. The summed E-state index contributed by atoms with van der Waals surface area (Å²) in [6.45, 7) is 0. The highest BCUT2D eigenvalue weighted by Crippen LogP contribution is 2.57. The van der Waals surface area contributed by atoms with E-state index in [1.54, 1.807) is 0 Å². The first kappa shape index (κ1) is 22.4. The van der Waals surface area contributed by atoms with E-state index >= 15 is 0 Å². The average Bonchev–Trinajstić information content (AvgIpc) is 2.97. The van der Waals surface area contributed by atoms with Crippen molar-refractivity contribution in [1.82, 2.24) is 0 Å². The molecule has 0 aliphatic rings. The molecular weight excluding hydrogens is 455 g/mol. The Morgan fingerprint density at radius 2 is 0.972 bits per heavy atom. The molecule has 172 valence electrons. The second kappa shape index (κ2) is 9.53. The maximum Gasteiger partial charge on any atom is 0.201 e. The first-order chi connectivity index (χ1) is 17.8. The third-order valence-corrected chi connectivity index (χ3v) is 11.3. The van der Waals surface area contributed by atoms with Crippen LogP contribution in [0.1, 0.15) is 10.4 Å². The van der Waals surface area contributed by atoms with Crippen molar-refractivity contribution in [2.24, 2.45) is 0 Å². The highest BCUT2D eigenvalue weighted by atomic mass is 31.2. The van der Waals surface area contributed by atoms with Gasteiger partial charge in [-0.15, -0.1) is 0 Å². The second-order valence-corrected chi connectivity index (χ2v) is 12.5. The van der Waals surface area contributed by atoms with Gasteiger partial charge in [-0.3, -0.25) is 4.79 Å². The van der Waals surface area contributed by atoms with Gasteiger partial charge >= 0.3 is 0 Å². The Morgan fingerprint density at radius 3 is 1.58 bits per heavy atom. The van der Waals surface area contributed by atoms with Gasteiger partial charge in [0.1, 0.15) is 29.3 Å². The van der Waals surface area contributed by atoms with E-state index in [0.29, 0.717) is 6.16 Å². The van der Waals surface area contributed by atoms with Gasteiger partial charge in [0.05, 0.1) is 0 Å². The summed E-state index contributed by atoms with van der Waals surface area (Å²) in [5, 5.41) is 8.60. The normalized spacial score (nSPS) is 11.6. The third-order valence-electron chi connectivity index (χ3n) is 7.03. The summed E-state index contributed by atoms with van der Waals surface area (Å²) in [5.74, 6) is 0.175. The Labute approximate surface area is 212 Å². The summed E-state index contributed by atoms with van der Waals surface area (Å²) in [5.41, 5.74) is 0.763. The van der Waals surface area contributed by atoms with Crippen LogP contribution in [0.25, 0.3) is 21.5 Å². The van der Waals surface area contributed by atoms with Crippen molar-refractivity contribution in [3.8, 4) is 0 Å². The lowest BCUT2D eigenvalue weighted by Crippen LogP contribution is -2.36. The number of carbonyl (C=O) groups excluding carboxylic acids is 1. The number of hydrogen-bond acceptors (Lipinski definition) is 1. The smallest absolute Gasteiger partial charge is 0.201 e. The van der Waals surface area contributed by atoms with E-state index in [9.17, 15) is 4.79 Å². The Morgan fingerprint density at radius 1 is 0.500 bits per heavy atom. The molecule has 0 unspecified atom stereocenters. The zero-order valence-corrected chi connectivity index (χ0v) is 20.8. The minimum Gasteiger partial charge on any atom is -0.290 e. The van der Waals surface area contributed by atoms with E-state index in [4.69, 9.17) is 0 Å². The molecule has 0 saturated heterocycles. The minimum absolute atomic E-state index is 0.175. The van der Waals surface area contributed by atoms with Crippen molar-refractivity contribution < 1.29 is 4.79 Å². The van der Waals surface area contributed by atoms with Crippen molar-refractivity contribution in [1.29, 1.82) is 0 Å². The topological polar surface area (TPSA) is 17.1 Å². The SMILES string of the molecule is O=C(C[P+](c1ccccc1)(c1ccccc1)c1cc2ccccc2c2ccccc12)c1ccccc1. The summed E-state index contributed by atoms with van der Waals surface area (Å²) in [4.78, 5) is 14.0. The number of rotatable bonds is 6. The molecule has 0 N–H and O–H groups in total. The minimum atomic E-state index is -2.37. The molecule has 0 fully saturated rings. The first-order valence-corrected chi connectivity index (χ1v) is 14.2. The van der Waals surface area contributed by atoms with Crippen LogP contribution in [0.4, 0.5) is 0 Å². The van der Waals surface area contributed by atoms with Crippen molar-refractivity contribution in [3.05, 3.63) is 151 Å². The van der Waals surface area contributed by atoms with Gasteiger partial charge in [0.2, 0.25) is 5.78 Å². The van der Waals surface area contributed by atoms with Gasteiger partial charge in [-0.2, -0.15) is 0 Å². The zero-order chi connectivity index (χ0) is 24.4. The molecule has 6 aromatic carbocycles. The molecule has 36 heavy (non-hydrogen) atoms. The summed E-state index contributed by atoms with van der Waals surface area (Å²) in [7, 11) is -2.37. The molecule has 0 radical (unpaired) electrons. The maximum atomic E-state index is 14.0. The average molecular weight is 482 g/mol. The number of fused-ring (bicyclic) bond motifs is 3. The number of benzene rings is 6. The van der Waals surface area contributed by atoms with Crippen LogP contribution < -0.4 is 15.9 Å². The van der Waals surface area contributed by atoms with E-state index in [2.05, 4.69) is 115 Å². The van der Waals surface area contributed by atoms with Gasteiger partial charge < -0.3 is 0 Å². The highest BCUT2D eigenvalue weighted by molar-refractivity contribution is 7.96. The first-order valence-electron chi connectivity index (χ1n) is 12.3. The summed E-state index contributed by atoms with van der Waals surface area (Å²) < 4.78 is 0. The van der Waals surface area contributed by atoms with E-state index < -0.39 is 7.26 Å². The highest BCUT2D eigenvalue weighted by Gasteiger charge is 2.48. The monoisotopic (exact) mass is 481 g/mol. The van der Waals surface area contributed by atoms with Crippen LogP contribution >= 0.6 is 7.26 Å². The molecule has 0 aromatic heterocycles. The van der Waals surface area contributed by atoms with Crippen LogP contribution in [0, 0.1) is 0 Å². The summed E-state index contributed by atoms with van der Waals surface area (Å²) >= 11 is 0. The Hall–Kier alpha value is -4.06. The van der Waals surface area contributed by atoms with E-state index in [1.807, 2.05) is 30.3 Å². The van der Waals surface area contributed by atoms with Crippen LogP contribution in [0.2, 0.25) is 0 Å². The molecule has 2 heteroatoms. The molecule has 0 atom stereocenters. The Kier molecular flexibility index (Phi) is 5.93. The predicted molar refractivity (Wildman–Crippen MR) is 156 cm³/mol. The van der Waals surface area contributed by atoms with Crippen LogP contribution in [0.5, 0.6) is 0 Å². The molecule has 0 aliphatic carbocycles. The molecule has 6 rings (SSSR count). The van der Waals surface area contributed by atoms with Crippen molar-refractivity contribution in [2.45, 2.75) is 0 Å². The number of ketones is 1. The Bertz CT molecular complexity index is 1620.